The van der Waals surface area contributed by atoms with Gasteiger partial charge in [0.1, 0.15) is 11.1 Å². The van der Waals surface area contributed by atoms with Crippen LogP contribution in [0.2, 0.25) is 0 Å². The van der Waals surface area contributed by atoms with Gasteiger partial charge in [0.15, 0.2) is 16.3 Å². The number of β-lactam (4-membered cyclic amide) rings is 1. The van der Waals surface area contributed by atoms with Gasteiger partial charge in [-0.15, -0.1) is 16.9 Å². The summed E-state index contributed by atoms with van der Waals surface area (Å²) in [6.45, 7) is 3.18. The summed E-state index contributed by atoms with van der Waals surface area (Å²) < 4.78 is 5.82. The van der Waals surface area contributed by atoms with Crippen LogP contribution in [0.4, 0.5) is 0 Å². The van der Waals surface area contributed by atoms with E-state index in [0.717, 1.165) is 42.6 Å². The number of alkyl halides is 1. The number of aliphatic carboxylic acids is 1. The van der Waals surface area contributed by atoms with E-state index in [1.54, 1.807) is 4.52 Å². The fourth-order valence-corrected chi connectivity index (χ4v) is 6.64. The number of carboxylic acids is 1. The van der Waals surface area contributed by atoms with E-state index in [1.165, 1.54) is 29.0 Å². The van der Waals surface area contributed by atoms with Gasteiger partial charge in [0.2, 0.25) is 0 Å². The minimum atomic E-state index is -1.39. The Balaban J connectivity index is 1.59. The molecule has 3 aliphatic rings. The van der Waals surface area contributed by atoms with Gasteiger partial charge in [0, 0.05) is 18.0 Å². The van der Waals surface area contributed by atoms with Crippen molar-refractivity contribution in [3.05, 3.63) is 33.9 Å². The highest BCUT2D eigenvalue weighted by molar-refractivity contribution is 9.10. The molecular weight excluding hydrogens is 490 g/mol. The van der Waals surface area contributed by atoms with Crippen molar-refractivity contribution in [3.8, 4) is 0 Å². The fraction of sp³-hybridized carbons (Fsp3) is 0.474. The molecule has 2 unspecified atom stereocenters. The standard InChI is InChI=1S/C19H18BrN5O5S/c1-8-10-5-3-4-6-11(10)25-18(21-8)22-14(23-25)13(30-9(2)26)19(20)16(29)24-12(15(27)28)7-31-17(19)24/h7,13,17H,3-6H2,1-2H3,(H,27,28)/t13?,17-,19?/m1/s1. The largest absolute Gasteiger partial charge is 0.477 e. The molecule has 0 aromatic carbocycles. The number of rotatable bonds is 4. The average Bonchev–Trinajstić information content (AvgIpc) is 3.34. The lowest BCUT2D eigenvalue weighted by Gasteiger charge is -2.50. The molecule has 12 heteroatoms. The Morgan fingerprint density at radius 1 is 1.35 bits per heavy atom. The summed E-state index contributed by atoms with van der Waals surface area (Å²) in [6.07, 6.45) is 2.74. The number of carbonyl (C=O) groups is 3. The molecule has 2 aromatic rings. The van der Waals surface area contributed by atoms with Gasteiger partial charge in [-0.3, -0.25) is 14.5 Å². The number of carbonyl (C=O) groups excluding carboxylic acids is 2. The van der Waals surface area contributed by atoms with Gasteiger partial charge < -0.3 is 9.84 Å². The molecule has 3 atom stereocenters. The van der Waals surface area contributed by atoms with Gasteiger partial charge in [-0.2, -0.15) is 4.98 Å². The number of hydrogen-bond donors (Lipinski definition) is 1. The van der Waals surface area contributed by atoms with Crippen molar-refractivity contribution in [3.63, 3.8) is 0 Å². The maximum Gasteiger partial charge on any atom is 0.353 e. The van der Waals surface area contributed by atoms with Crippen molar-refractivity contribution in [2.45, 2.75) is 55.3 Å². The molecule has 0 radical (unpaired) electrons. The predicted molar refractivity (Wildman–Crippen MR) is 112 cm³/mol. The molecule has 1 aliphatic carbocycles. The van der Waals surface area contributed by atoms with Crippen molar-refractivity contribution in [1.29, 1.82) is 0 Å². The molecule has 31 heavy (non-hydrogen) atoms. The summed E-state index contributed by atoms with van der Waals surface area (Å²) in [5.74, 6) is -1.79. The molecule has 0 saturated carbocycles. The van der Waals surface area contributed by atoms with Crippen LogP contribution in [-0.4, -0.2) is 57.1 Å². The fourth-order valence-electron chi connectivity index (χ4n) is 4.40. The van der Waals surface area contributed by atoms with E-state index in [-0.39, 0.29) is 11.5 Å². The molecule has 5 rings (SSSR count). The number of esters is 1. The lowest BCUT2D eigenvalue weighted by molar-refractivity contribution is -0.163. The third kappa shape index (κ3) is 2.84. The van der Waals surface area contributed by atoms with Crippen LogP contribution < -0.4 is 0 Å². The van der Waals surface area contributed by atoms with E-state index >= 15 is 0 Å². The number of hydrogen-bond acceptors (Lipinski definition) is 8. The second kappa shape index (κ2) is 7.02. The van der Waals surface area contributed by atoms with E-state index in [4.69, 9.17) is 4.74 Å². The van der Waals surface area contributed by atoms with Gasteiger partial charge in [-0.25, -0.2) is 14.3 Å². The quantitative estimate of drug-likeness (QED) is 0.374. The van der Waals surface area contributed by atoms with Crippen molar-refractivity contribution in [2.24, 2.45) is 0 Å². The maximum atomic E-state index is 13.1. The van der Waals surface area contributed by atoms with Crippen LogP contribution in [0.5, 0.6) is 0 Å². The average molecular weight is 508 g/mol. The van der Waals surface area contributed by atoms with Gasteiger partial charge in [-0.05, 0) is 38.2 Å². The SMILES string of the molecule is CC(=O)OC(c1nc2nc(C)c3c(n2n1)CCCC3)C1(Br)C(=O)N2C(C(=O)O)=CS[C@@H]21. The van der Waals surface area contributed by atoms with Crippen LogP contribution in [0.3, 0.4) is 0 Å². The zero-order valence-electron chi connectivity index (χ0n) is 16.7. The number of amides is 1. The summed E-state index contributed by atoms with van der Waals surface area (Å²) in [5.41, 5.74) is 2.97. The highest BCUT2D eigenvalue weighted by Gasteiger charge is 2.69. The predicted octanol–water partition coefficient (Wildman–Crippen LogP) is 1.89. The number of halogens is 1. The first-order valence-electron chi connectivity index (χ1n) is 9.77. The van der Waals surface area contributed by atoms with Crippen LogP contribution in [0, 0.1) is 6.92 Å². The molecule has 2 aliphatic heterocycles. The second-order valence-corrected chi connectivity index (χ2v) is 10.0. The molecule has 4 heterocycles. The second-order valence-electron chi connectivity index (χ2n) is 7.74. The summed E-state index contributed by atoms with van der Waals surface area (Å²) in [7, 11) is 0. The van der Waals surface area contributed by atoms with Crippen molar-refractivity contribution in [2.75, 3.05) is 0 Å². The van der Waals surface area contributed by atoms with Crippen molar-refractivity contribution >= 4 is 51.3 Å². The molecule has 2 aromatic heterocycles. The first-order chi connectivity index (χ1) is 14.7. The summed E-state index contributed by atoms with van der Waals surface area (Å²) >= 11 is 4.64. The molecular formula is C19H18BrN5O5S. The third-order valence-corrected chi connectivity index (χ3v) is 8.52. The highest BCUT2D eigenvalue weighted by Crippen LogP contribution is 2.57. The Morgan fingerprint density at radius 3 is 2.81 bits per heavy atom. The molecule has 1 amide bonds. The van der Waals surface area contributed by atoms with Crippen molar-refractivity contribution in [1.82, 2.24) is 24.5 Å². The topological polar surface area (TPSA) is 127 Å². The van der Waals surface area contributed by atoms with E-state index in [2.05, 4.69) is 31.0 Å². The number of nitrogens with zero attached hydrogens (tertiary/aromatic N) is 5. The lowest BCUT2D eigenvalue weighted by Crippen LogP contribution is -2.70. The minimum absolute atomic E-state index is 0.106. The first kappa shape index (κ1) is 20.4. The van der Waals surface area contributed by atoms with Gasteiger partial charge >= 0.3 is 11.9 Å². The monoisotopic (exact) mass is 507 g/mol. The Labute approximate surface area is 189 Å². The van der Waals surface area contributed by atoms with Crippen molar-refractivity contribution < 1.29 is 24.2 Å². The lowest BCUT2D eigenvalue weighted by atomic mass is 9.90. The summed E-state index contributed by atoms with van der Waals surface area (Å²) in [5, 5.41) is 14.7. The normalized spacial score (nSPS) is 25.5. The van der Waals surface area contributed by atoms with Gasteiger partial charge in [0.25, 0.3) is 11.7 Å². The summed E-state index contributed by atoms with van der Waals surface area (Å²) in [6, 6.07) is 0. The van der Waals surface area contributed by atoms with Crippen LogP contribution in [-0.2, 0) is 32.0 Å². The number of fused-ring (bicyclic) bond motifs is 4. The molecule has 10 nitrogen and oxygen atoms in total. The number of carboxylic acid groups (broad SMARTS) is 1. The van der Waals surface area contributed by atoms with E-state index in [9.17, 15) is 19.5 Å². The maximum absolute atomic E-state index is 13.1. The van der Waals surface area contributed by atoms with Crippen LogP contribution >= 0.6 is 27.7 Å². The molecule has 1 saturated heterocycles. The third-order valence-electron chi connectivity index (χ3n) is 5.83. The number of thioether (sulfide) groups is 1. The first-order valence-corrected chi connectivity index (χ1v) is 11.5. The molecule has 0 bridgehead atoms. The molecule has 1 fully saturated rings. The zero-order valence-corrected chi connectivity index (χ0v) is 19.1. The van der Waals surface area contributed by atoms with Gasteiger partial charge in [0.05, 0.1) is 5.69 Å². The Bertz CT molecular complexity index is 1200. The van der Waals surface area contributed by atoms with Gasteiger partial charge in [-0.1, -0.05) is 15.9 Å². The number of ether oxygens (including phenoxy) is 1. The Kier molecular flexibility index (Phi) is 4.63. The van der Waals surface area contributed by atoms with Crippen LogP contribution in [0.25, 0.3) is 5.78 Å². The smallest absolute Gasteiger partial charge is 0.353 e. The van der Waals surface area contributed by atoms with E-state index in [1.807, 2.05) is 6.92 Å². The number of aromatic nitrogens is 4. The van der Waals surface area contributed by atoms with E-state index < -0.39 is 33.6 Å². The Hall–Kier alpha value is -2.47. The van der Waals surface area contributed by atoms with E-state index in [0.29, 0.717) is 5.78 Å². The molecule has 1 N–H and O–H groups in total. The highest BCUT2D eigenvalue weighted by atomic mass is 79.9. The van der Waals surface area contributed by atoms with Crippen LogP contribution in [0.1, 0.15) is 48.6 Å². The Morgan fingerprint density at radius 2 is 2.10 bits per heavy atom. The molecule has 162 valence electrons. The van der Waals surface area contributed by atoms with Crippen LogP contribution in [0.15, 0.2) is 11.1 Å². The zero-order chi connectivity index (χ0) is 22.1. The summed E-state index contributed by atoms with van der Waals surface area (Å²) in [4.78, 5) is 46.7. The molecule has 0 spiro atoms. The minimum Gasteiger partial charge on any atom is -0.477 e. The number of aryl methyl sites for hydroxylation is 2.